The molecule has 0 aromatic heterocycles. The van der Waals surface area contributed by atoms with Gasteiger partial charge in [0, 0.05) is 32.8 Å². The lowest BCUT2D eigenvalue weighted by Crippen LogP contribution is -2.40. The Morgan fingerprint density at radius 2 is 1.93 bits per heavy atom. The first-order chi connectivity index (χ1) is 13.2. The van der Waals surface area contributed by atoms with Gasteiger partial charge in [-0.05, 0) is 24.5 Å². The minimum Gasteiger partial charge on any atom is -0.381 e. The predicted octanol–water partition coefficient (Wildman–Crippen LogP) is 2.81. The van der Waals surface area contributed by atoms with Gasteiger partial charge in [-0.25, -0.2) is 8.42 Å². The van der Waals surface area contributed by atoms with Crippen LogP contribution in [0.5, 0.6) is 0 Å². The van der Waals surface area contributed by atoms with Crippen molar-refractivity contribution in [1.29, 1.82) is 0 Å². The molecule has 1 heterocycles. The van der Waals surface area contributed by atoms with E-state index in [2.05, 4.69) is 19.2 Å². The fourth-order valence-electron chi connectivity index (χ4n) is 2.62. The van der Waals surface area contributed by atoms with Crippen LogP contribution < -0.4 is 5.32 Å². The molecule has 0 bridgehead atoms. The summed E-state index contributed by atoms with van der Waals surface area (Å²) in [5.74, 6) is -0.00162. The van der Waals surface area contributed by atoms with Gasteiger partial charge in [-0.3, -0.25) is 4.79 Å². The zero-order valence-corrected chi connectivity index (χ0v) is 18.4. The van der Waals surface area contributed by atoms with Gasteiger partial charge in [-0.15, -0.1) is 0 Å². The molecular weight excluding hydrogens is 427 g/mol. The predicted molar refractivity (Wildman–Crippen MR) is 109 cm³/mol. The van der Waals surface area contributed by atoms with Crippen LogP contribution in [0.2, 0.25) is 10.0 Å². The monoisotopic (exact) mass is 452 g/mol. The Morgan fingerprint density at radius 3 is 2.57 bits per heavy atom. The molecule has 0 unspecified atom stereocenters. The van der Waals surface area contributed by atoms with Gasteiger partial charge in [0.25, 0.3) is 5.91 Å². The maximum absolute atomic E-state index is 12.9. The van der Waals surface area contributed by atoms with Crippen LogP contribution in [0.15, 0.2) is 17.0 Å². The maximum Gasteiger partial charge on any atom is 0.252 e. The first kappa shape index (κ1) is 23.4. The van der Waals surface area contributed by atoms with E-state index in [4.69, 9.17) is 32.7 Å². The van der Waals surface area contributed by atoms with Crippen molar-refractivity contribution in [1.82, 2.24) is 9.62 Å². The van der Waals surface area contributed by atoms with Crippen LogP contribution in [0.1, 0.15) is 30.6 Å². The normalized spacial score (nSPS) is 15.8. The van der Waals surface area contributed by atoms with E-state index in [1.807, 2.05) is 0 Å². The molecule has 0 radical (unpaired) electrons. The third-order valence-corrected chi connectivity index (χ3v) is 6.73. The number of rotatable bonds is 9. The summed E-state index contributed by atoms with van der Waals surface area (Å²) in [5, 5.41) is 2.81. The van der Waals surface area contributed by atoms with Gasteiger partial charge in [0.15, 0.2) is 0 Å². The van der Waals surface area contributed by atoms with E-state index in [0.29, 0.717) is 45.3 Å². The highest BCUT2D eigenvalue weighted by molar-refractivity contribution is 7.89. The third kappa shape index (κ3) is 6.30. The van der Waals surface area contributed by atoms with E-state index in [-0.39, 0.29) is 33.6 Å². The van der Waals surface area contributed by atoms with Crippen LogP contribution >= 0.6 is 23.2 Å². The molecular formula is C18H26Cl2N2O5S. The molecule has 1 N–H and O–H groups in total. The first-order valence-corrected chi connectivity index (χ1v) is 11.4. The molecule has 7 nitrogen and oxygen atoms in total. The summed E-state index contributed by atoms with van der Waals surface area (Å²) in [5.41, 5.74) is 0.0704. The molecule has 28 heavy (non-hydrogen) atoms. The highest BCUT2D eigenvalue weighted by atomic mass is 35.5. The van der Waals surface area contributed by atoms with Crippen molar-refractivity contribution in [2.24, 2.45) is 5.92 Å². The molecule has 0 spiro atoms. The van der Waals surface area contributed by atoms with Crippen molar-refractivity contribution < 1.29 is 22.7 Å². The number of nitrogens with one attached hydrogen (secondary N) is 1. The number of morpholine rings is 1. The number of carbonyl (C=O) groups excluding carboxylic acids is 1. The Morgan fingerprint density at radius 1 is 1.25 bits per heavy atom. The van der Waals surface area contributed by atoms with Crippen LogP contribution in [0, 0.1) is 5.92 Å². The highest BCUT2D eigenvalue weighted by Gasteiger charge is 2.30. The molecule has 158 valence electrons. The number of amides is 1. The Hall–Kier alpha value is -0.900. The van der Waals surface area contributed by atoms with Crippen LogP contribution in [-0.4, -0.2) is 64.7 Å². The zero-order valence-electron chi connectivity index (χ0n) is 16.0. The molecule has 0 saturated carbocycles. The molecule has 0 aliphatic carbocycles. The van der Waals surface area contributed by atoms with Crippen molar-refractivity contribution >= 4 is 39.1 Å². The van der Waals surface area contributed by atoms with Crippen LogP contribution in [0.25, 0.3) is 0 Å². The van der Waals surface area contributed by atoms with E-state index in [9.17, 15) is 13.2 Å². The van der Waals surface area contributed by atoms with E-state index in [1.165, 1.54) is 16.4 Å². The van der Waals surface area contributed by atoms with Gasteiger partial charge in [0.1, 0.15) is 4.90 Å². The standard InChI is InChI=1S/C18H26Cl2N2O5S/c1-13(2)12-27-7-3-4-21-18(23)14-10-17(16(20)11-15(14)19)28(24,25)22-5-8-26-9-6-22/h10-11,13H,3-9,12H2,1-2H3,(H,21,23). The van der Waals surface area contributed by atoms with Gasteiger partial charge in [-0.1, -0.05) is 37.0 Å². The second kappa shape index (κ2) is 10.8. The average molecular weight is 453 g/mol. The molecule has 1 aromatic rings. The quantitative estimate of drug-likeness (QED) is 0.582. The van der Waals surface area contributed by atoms with Gasteiger partial charge >= 0.3 is 0 Å². The Labute approximate surface area is 176 Å². The van der Waals surface area contributed by atoms with Gasteiger partial charge in [-0.2, -0.15) is 4.31 Å². The van der Waals surface area contributed by atoms with Crippen LogP contribution in [-0.2, 0) is 19.5 Å². The van der Waals surface area contributed by atoms with E-state index in [0.717, 1.165) is 0 Å². The minimum atomic E-state index is -3.84. The molecule has 1 aliphatic rings. The summed E-state index contributed by atoms with van der Waals surface area (Å²) in [6, 6.07) is 2.52. The van der Waals surface area contributed by atoms with Crippen LogP contribution in [0.4, 0.5) is 0 Å². The van der Waals surface area contributed by atoms with E-state index in [1.54, 1.807) is 0 Å². The topological polar surface area (TPSA) is 84.9 Å². The van der Waals surface area contributed by atoms with Gasteiger partial charge in [0.05, 0.1) is 28.8 Å². The number of nitrogens with zero attached hydrogens (tertiary/aromatic N) is 1. The second-order valence-electron chi connectivity index (χ2n) is 6.86. The molecule has 0 atom stereocenters. The lowest BCUT2D eigenvalue weighted by molar-refractivity contribution is 0.0730. The zero-order chi connectivity index (χ0) is 20.7. The molecule has 1 fully saturated rings. The summed E-state index contributed by atoms with van der Waals surface area (Å²) in [7, 11) is -3.84. The molecule has 10 heteroatoms. The average Bonchev–Trinajstić information content (AvgIpc) is 2.64. The van der Waals surface area contributed by atoms with Crippen LogP contribution in [0.3, 0.4) is 0 Å². The summed E-state index contributed by atoms with van der Waals surface area (Å²) in [6.07, 6.45) is 0.641. The maximum atomic E-state index is 12.9. The third-order valence-electron chi connectivity index (χ3n) is 4.06. The van der Waals surface area contributed by atoms with Gasteiger partial charge in [0.2, 0.25) is 10.0 Å². The highest BCUT2D eigenvalue weighted by Crippen LogP contribution is 2.31. The number of benzene rings is 1. The number of ether oxygens (including phenoxy) is 2. The van der Waals surface area contributed by atoms with Crippen molar-refractivity contribution in [3.05, 3.63) is 27.7 Å². The molecule has 2 rings (SSSR count). The van der Waals surface area contributed by atoms with E-state index >= 15 is 0 Å². The Bertz CT molecular complexity index is 780. The number of sulfonamides is 1. The summed E-state index contributed by atoms with van der Waals surface area (Å²) >= 11 is 12.3. The second-order valence-corrected chi connectivity index (χ2v) is 9.58. The number of hydrogen-bond acceptors (Lipinski definition) is 5. The van der Waals surface area contributed by atoms with Crippen molar-refractivity contribution in [3.63, 3.8) is 0 Å². The number of hydrogen-bond donors (Lipinski definition) is 1. The Kier molecular flexibility index (Phi) is 8.98. The number of halogens is 2. The minimum absolute atomic E-state index is 0.0184. The molecule has 1 amide bonds. The SMILES string of the molecule is CC(C)COCCCNC(=O)c1cc(S(=O)(=O)N2CCOCC2)c(Cl)cc1Cl. The van der Waals surface area contributed by atoms with E-state index < -0.39 is 15.9 Å². The molecule has 1 aliphatic heterocycles. The largest absolute Gasteiger partial charge is 0.381 e. The van der Waals surface area contributed by atoms with Gasteiger partial charge < -0.3 is 14.8 Å². The fraction of sp³-hybridized carbons (Fsp3) is 0.611. The van der Waals surface area contributed by atoms with Crippen molar-refractivity contribution in [2.75, 3.05) is 46.1 Å². The molecule has 1 saturated heterocycles. The lowest BCUT2D eigenvalue weighted by Gasteiger charge is -2.26. The first-order valence-electron chi connectivity index (χ1n) is 9.16. The van der Waals surface area contributed by atoms with Crippen molar-refractivity contribution in [2.45, 2.75) is 25.2 Å². The Balaban J connectivity index is 2.06. The smallest absolute Gasteiger partial charge is 0.252 e. The summed E-state index contributed by atoms with van der Waals surface area (Å²) < 4.78 is 37.7. The molecule has 1 aromatic carbocycles. The summed E-state index contributed by atoms with van der Waals surface area (Å²) in [6.45, 7) is 6.82. The fourth-order valence-corrected chi connectivity index (χ4v) is 4.86. The summed E-state index contributed by atoms with van der Waals surface area (Å²) in [4.78, 5) is 12.3. The van der Waals surface area contributed by atoms with Crippen molar-refractivity contribution in [3.8, 4) is 0 Å². The number of carbonyl (C=O) groups is 1. The lowest BCUT2D eigenvalue weighted by atomic mass is 10.2.